The lowest BCUT2D eigenvalue weighted by molar-refractivity contribution is 0.312. The van der Waals surface area contributed by atoms with E-state index in [1.165, 1.54) is 18.8 Å². The number of piperazine rings is 2. The third kappa shape index (κ3) is 7.13. The van der Waals surface area contributed by atoms with Crippen LogP contribution in [0.5, 0.6) is 0 Å². The molecule has 0 N–H and O–H groups in total. The fraction of sp³-hybridized carbons (Fsp3) is 0.522. The van der Waals surface area contributed by atoms with Crippen molar-refractivity contribution in [1.29, 1.82) is 0 Å². The van der Waals surface area contributed by atoms with Gasteiger partial charge in [0.1, 0.15) is 5.82 Å². The Morgan fingerprint density at radius 2 is 1.11 bits per heavy atom. The Morgan fingerprint density at radius 1 is 0.607 bits per heavy atom. The average Bonchev–Trinajstić information content (AvgIpc) is 2.78. The zero-order chi connectivity index (χ0) is 20.2. The summed E-state index contributed by atoms with van der Waals surface area (Å²) in [5, 5.41) is 0. The number of nitrogens with zero attached hydrogens (tertiary/aromatic N) is 5. The zero-order valence-electron chi connectivity index (χ0n) is 18.1. The molecule has 3 heterocycles. The summed E-state index contributed by atoms with van der Waals surface area (Å²) < 4.78 is 0. The molecular formula is C23H37N5. The molecule has 2 aromatic rings. The van der Waals surface area contributed by atoms with E-state index in [-0.39, 0.29) is 0 Å². The van der Waals surface area contributed by atoms with E-state index in [0.29, 0.717) is 0 Å². The van der Waals surface area contributed by atoms with Crippen molar-refractivity contribution in [3.8, 4) is 0 Å². The predicted octanol–water partition coefficient (Wildman–Crippen LogP) is 3.30. The fourth-order valence-corrected chi connectivity index (χ4v) is 3.28. The van der Waals surface area contributed by atoms with Crippen LogP contribution >= 0.6 is 0 Å². The lowest BCUT2D eigenvalue weighted by Crippen LogP contribution is -2.44. The minimum atomic E-state index is 1.09. The molecule has 2 saturated heterocycles. The number of likely N-dealkylation sites (N-methyl/N-ethyl adjacent to an activating group) is 2. The first-order chi connectivity index (χ1) is 13.7. The Hall–Kier alpha value is -2.11. The summed E-state index contributed by atoms with van der Waals surface area (Å²) in [5.41, 5.74) is 1.36. The quantitative estimate of drug-likeness (QED) is 0.793. The minimum absolute atomic E-state index is 1.09. The number of hydrogen-bond donors (Lipinski definition) is 0. The smallest absolute Gasteiger partial charge is 0.128 e. The third-order valence-corrected chi connectivity index (χ3v) is 5.10. The molecule has 0 spiro atoms. The highest BCUT2D eigenvalue weighted by atomic mass is 15.3. The first-order valence-electron chi connectivity index (χ1n) is 10.6. The molecular weight excluding hydrogens is 346 g/mol. The summed E-state index contributed by atoms with van der Waals surface area (Å²) >= 11 is 0. The van der Waals surface area contributed by atoms with Gasteiger partial charge >= 0.3 is 0 Å². The second-order valence-corrected chi connectivity index (χ2v) is 7.10. The van der Waals surface area contributed by atoms with E-state index in [1.54, 1.807) is 0 Å². The second-order valence-electron chi connectivity index (χ2n) is 7.10. The Bertz CT molecular complexity index is 560. The molecule has 2 fully saturated rings. The molecule has 0 unspecified atom stereocenters. The zero-order valence-corrected chi connectivity index (χ0v) is 18.1. The maximum absolute atomic E-state index is 4.33. The molecule has 0 aliphatic carbocycles. The first-order valence-corrected chi connectivity index (χ1v) is 10.6. The number of anilines is 2. The van der Waals surface area contributed by atoms with E-state index in [2.05, 4.69) is 75.1 Å². The largest absolute Gasteiger partial charge is 0.369 e. The molecule has 4 rings (SSSR count). The number of pyridine rings is 1. The van der Waals surface area contributed by atoms with Crippen LogP contribution in [0.15, 0.2) is 54.7 Å². The monoisotopic (exact) mass is 383 g/mol. The third-order valence-electron chi connectivity index (χ3n) is 5.10. The van der Waals surface area contributed by atoms with E-state index in [1.807, 2.05) is 32.2 Å². The molecule has 0 radical (unpaired) electrons. The van der Waals surface area contributed by atoms with E-state index >= 15 is 0 Å². The van der Waals surface area contributed by atoms with Gasteiger partial charge in [-0.1, -0.05) is 38.1 Å². The minimum Gasteiger partial charge on any atom is -0.369 e. The molecule has 0 saturated carbocycles. The summed E-state index contributed by atoms with van der Waals surface area (Å²) in [6, 6.07) is 16.7. The highest BCUT2D eigenvalue weighted by molar-refractivity contribution is 5.46. The van der Waals surface area contributed by atoms with Crippen LogP contribution < -0.4 is 9.80 Å². The van der Waals surface area contributed by atoms with Crippen LogP contribution in [0.4, 0.5) is 11.5 Å². The molecule has 5 nitrogen and oxygen atoms in total. The maximum Gasteiger partial charge on any atom is 0.128 e. The van der Waals surface area contributed by atoms with Gasteiger partial charge in [-0.2, -0.15) is 0 Å². The molecule has 0 amide bonds. The molecule has 154 valence electrons. The van der Waals surface area contributed by atoms with Gasteiger partial charge in [0.25, 0.3) is 0 Å². The standard InChI is InChI=1S/C11H16N2.C10H15N3.C2H6/c1-12-7-9-13(10-8-12)11-5-3-2-4-6-11;1-12-6-8-13(9-7-12)10-4-2-3-5-11-10;1-2/h2-6H,7-10H2,1H3;2-5H,6-9H2,1H3;1-2H3. The average molecular weight is 384 g/mol. The first kappa shape index (κ1) is 22.2. The Labute approximate surface area is 171 Å². The Morgan fingerprint density at radius 3 is 1.61 bits per heavy atom. The predicted molar refractivity (Wildman–Crippen MR) is 121 cm³/mol. The lowest BCUT2D eigenvalue weighted by Gasteiger charge is -2.33. The van der Waals surface area contributed by atoms with Crippen molar-refractivity contribution in [3.63, 3.8) is 0 Å². The Balaban J connectivity index is 0.000000184. The van der Waals surface area contributed by atoms with Crippen molar-refractivity contribution in [3.05, 3.63) is 54.7 Å². The summed E-state index contributed by atoms with van der Waals surface area (Å²) in [4.78, 5) is 13.8. The number of rotatable bonds is 2. The van der Waals surface area contributed by atoms with Crippen molar-refractivity contribution in [1.82, 2.24) is 14.8 Å². The number of para-hydroxylation sites is 1. The van der Waals surface area contributed by atoms with Gasteiger partial charge in [-0.25, -0.2) is 4.98 Å². The van der Waals surface area contributed by atoms with Gasteiger partial charge in [-0.15, -0.1) is 0 Å². The molecule has 5 heteroatoms. The fourth-order valence-electron chi connectivity index (χ4n) is 3.28. The SMILES string of the molecule is CC.CN1CCN(c2ccccc2)CC1.CN1CCN(c2ccccn2)CC1. The maximum atomic E-state index is 4.33. The van der Waals surface area contributed by atoms with Gasteiger partial charge in [0, 0.05) is 64.2 Å². The number of aromatic nitrogens is 1. The van der Waals surface area contributed by atoms with E-state index < -0.39 is 0 Å². The van der Waals surface area contributed by atoms with Gasteiger partial charge in [-0.3, -0.25) is 0 Å². The summed E-state index contributed by atoms with van der Waals surface area (Å²) in [7, 11) is 4.35. The van der Waals surface area contributed by atoms with Crippen LogP contribution in [0, 0.1) is 0 Å². The number of hydrogen-bond acceptors (Lipinski definition) is 5. The normalized spacial score (nSPS) is 17.9. The molecule has 1 aromatic heterocycles. The van der Waals surface area contributed by atoms with Crippen LogP contribution in [0.2, 0.25) is 0 Å². The summed E-state index contributed by atoms with van der Waals surface area (Å²) in [6.07, 6.45) is 1.85. The van der Waals surface area contributed by atoms with E-state index in [9.17, 15) is 0 Å². The molecule has 28 heavy (non-hydrogen) atoms. The number of benzene rings is 1. The van der Waals surface area contributed by atoms with Crippen LogP contribution in [0.3, 0.4) is 0 Å². The van der Waals surface area contributed by atoms with Gasteiger partial charge in [0.05, 0.1) is 0 Å². The second kappa shape index (κ2) is 12.4. The van der Waals surface area contributed by atoms with Crippen molar-refractivity contribution in [2.24, 2.45) is 0 Å². The molecule has 2 aliphatic heterocycles. The van der Waals surface area contributed by atoms with Gasteiger partial charge < -0.3 is 19.6 Å². The topological polar surface area (TPSA) is 25.9 Å². The molecule has 0 bridgehead atoms. The van der Waals surface area contributed by atoms with Crippen LogP contribution in [0.1, 0.15) is 13.8 Å². The van der Waals surface area contributed by atoms with Gasteiger partial charge in [-0.05, 0) is 38.4 Å². The van der Waals surface area contributed by atoms with Gasteiger partial charge in [0.15, 0.2) is 0 Å². The van der Waals surface area contributed by atoms with Gasteiger partial charge in [0.2, 0.25) is 0 Å². The van der Waals surface area contributed by atoms with Crippen molar-refractivity contribution < 1.29 is 0 Å². The highest BCUT2D eigenvalue weighted by Gasteiger charge is 2.14. The van der Waals surface area contributed by atoms with E-state index in [0.717, 1.165) is 45.1 Å². The molecule has 2 aliphatic rings. The van der Waals surface area contributed by atoms with Crippen molar-refractivity contribution in [2.75, 3.05) is 76.3 Å². The van der Waals surface area contributed by atoms with Crippen LogP contribution in [-0.2, 0) is 0 Å². The van der Waals surface area contributed by atoms with Crippen molar-refractivity contribution >= 4 is 11.5 Å². The molecule has 0 atom stereocenters. The van der Waals surface area contributed by atoms with E-state index in [4.69, 9.17) is 0 Å². The lowest BCUT2D eigenvalue weighted by atomic mass is 10.2. The van der Waals surface area contributed by atoms with Crippen LogP contribution in [-0.4, -0.2) is 81.2 Å². The summed E-state index contributed by atoms with van der Waals surface area (Å²) in [5.74, 6) is 1.11. The van der Waals surface area contributed by atoms with Crippen molar-refractivity contribution in [2.45, 2.75) is 13.8 Å². The molecule has 1 aromatic carbocycles. The van der Waals surface area contributed by atoms with Crippen LogP contribution in [0.25, 0.3) is 0 Å². The highest BCUT2D eigenvalue weighted by Crippen LogP contribution is 2.14. The summed E-state index contributed by atoms with van der Waals surface area (Å²) in [6.45, 7) is 13.1. The Kier molecular flexibility index (Phi) is 9.80.